The first-order valence-electron chi connectivity index (χ1n) is 11.5. The van der Waals surface area contributed by atoms with Gasteiger partial charge in [-0.25, -0.2) is 9.78 Å². The number of imidazole rings is 1. The van der Waals surface area contributed by atoms with Crippen molar-refractivity contribution in [3.05, 3.63) is 42.4 Å². The molecule has 0 radical (unpaired) electrons. The Morgan fingerprint density at radius 3 is 2.66 bits per heavy atom. The van der Waals surface area contributed by atoms with Gasteiger partial charge in [0.05, 0.1) is 24.3 Å². The fourth-order valence-corrected chi connectivity index (χ4v) is 5.56. The lowest BCUT2D eigenvalue weighted by Gasteiger charge is -2.34. The zero-order valence-electron chi connectivity index (χ0n) is 17.2. The number of urea groups is 1. The molecule has 154 valence electrons. The number of nitrogens with one attached hydrogen (secondary N) is 1. The van der Waals surface area contributed by atoms with E-state index in [1.165, 1.54) is 42.5 Å². The predicted molar refractivity (Wildman–Crippen MR) is 115 cm³/mol. The highest BCUT2D eigenvalue weighted by molar-refractivity contribution is 5.74. The number of rotatable bonds is 4. The standard InChI is InChI=1S/C24H32N4O/c29-24(26-19-6-2-1-3-7-19)27-14-12-18(13-15-27)10-11-22-20-8-4-5-9-21(20)23-16-25-17-28(22)23/h4-5,8-9,16-19,22H,1-3,6-7,10-15H2,(H,26,29)/t22-/m0/s1. The van der Waals surface area contributed by atoms with Crippen LogP contribution in [0.4, 0.5) is 4.79 Å². The van der Waals surface area contributed by atoms with Crippen molar-refractivity contribution in [2.75, 3.05) is 13.1 Å². The van der Waals surface area contributed by atoms with E-state index < -0.39 is 0 Å². The molecule has 5 heteroatoms. The Balaban J connectivity index is 1.13. The molecule has 2 aromatic rings. The summed E-state index contributed by atoms with van der Waals surface area (Å²) in [4.78, 5) is 19.0. The molecule has 0 bridgehead atoms. The predicted octanol–water partition coefficient (Wildman–Crippen LogP) is 4.99. The van der Waals surface area contributed by atoms with Gasteiger partial charge in [0.15, 0.2) is 0 Å². The molecule has 2 fully saturated rings. The number of benzene rings is 1. The van der Waals surface area contributed by atoms with Crippen molar-refractivity contribution in [2.24, 2.45) is 5.92 Å². The normalized spacial score (nSPS) is 22.3. The first kappa shape index (κ1) is 18.7. The quantitative estimate of drug-likeness (QED) is 0.797. The third-order valence-electron chi connectivity index (χ3n) is 7.28. The Bertz CT molecular complexity index is 846. The second kappa shape index (κ2) is 8.21. The van der Waals surface area contributed by atoms with Crippen LogP contribution in [0.5, 0.6) is 0 Å². The van der Waals surface area contributed by atoms with Gasteiger partial charge in [-0.2, -0.15) is 0 Å². The number of likely N-dealkylation sites (tertiary alicyclic amines) is 1. The molecule has 1 aromatic carbocycles. The van der Waals surface area contributed by atoms with E-state index in [0.29, 0.717) is 18.0 Å². The van der Waals surface area contributed by atoms with Gasteiger partial charge in [-0.3, -0.25) is 0 Å². The maximum absolute atomic E-state index is 12.6. The zero-order valence-corrected chi connectivity index (χ0v) is 17.2. The zero-order chi connectivity index (χ0) is 19.6. The van der Waals surface area contributed by atoms with Crippen LogP contribution in [0.15, 0.2) is 36.8 Å². The number of carbonyl (C=O) groups excluding carboxylic acids is 1. The lowest BCUT2D eigenvalue weighted by atomic mass is 9.89. The first-order chi connectivity index (χ1) is 14.3. The molecule has 2 aliphatic heterocycles. The van der Waals surface area contributed by atoms with E-state index >= 15 is 0 Å². The van der Waals surface area contributed by atoms with Crippen LogP contribution < -0.4 is 5.32 Å². The van der Waals surface area contributed by atoms with Gasteiger partial charge in [0.2, 0.25) is 0 Å². The highest BCUT2D eigenvalue weighted by Gasteiger charge is 2.30. The lowest BCUT2D eigenvalue weighted by molar-refractivity contribution is 0.160. The number of amides is 2. The van der Waals surface area contributed by atoms with Crippen LogP contribution in [-0.4, -0.2) is 39.6 Å². The molecule has 1 N–H and O–H groups in total. The Kier molecular flexibility index (Phi) is 5.30. The fourth-order valence-electron chi connectivity index (χ4n) is 5.56. The smallest absolute Gasteiger partial charge is 0.317 e. The van der Waals surface area contributed by atoms with Crippen molar-refractivity contribution in [1.82, 2.24) is 19.8 Å². The molecule has 1 saturated heterocycles. The van der Waals surface area contributed by atoms with Gasteiger partial charge in [-0.1, -0.05) is 43.5 Å². The molecule has 0 unspecified atom stereocenters. The number of hydrogen-bond acceptors (Lipinski definition) is 2. The summed E-state index contributed by atoms with van der Waals surface area (Å²) in [6.45, 7) is 1.81. The van der Waals surface area contributed by atoms with E-state index in [0.717, 1.165) is 45.2 Å². The van der Waals surface area contributed by atoms with Gasteiger partial charge in [0.25, 0.3) is 0 Å². The number of aromatic nitrogens is 2. The highest BCUT2D eigenvalue weighted by atomic mass is 16.2. The number of hydrogen-bond donors (Lipinski definition) is 1. The highest BCUT2D eigenvalue weighted by Crippen LogP contribution is 2.42. The molecule has 1 saturated carbocycles. The second-order valence-electron chi connectivity index (χ2n) is 9.08. The topological polar surface area (TPSA) is 50.2 Å². The lowest BCUT2D eigenvalue weighted by Crippen LogP contribution is -2.48. The van der Waals surface area contributed by atoms with Crippen LogP contribution in [-0.2, 0) is 0 Å². The average molecular weight is 393 g/mol. The molecule has 5 nitrogen and oxygen atoms in total. The molecule has 1 aliphatic carbocycles. The molecular formula is C24H32N4O. The van der Waals surface area contributed by atoms with E-state index in [-0.39, 0.29) is 6.03 Å². The summed E-state index contributed by atoms with van der Waals surface area (Å²) in [5.41, 5.74) is 4.03. The third-order valence-corrected chi connectivity index (χ3v) is 7.28. The van der Waals surface area contributed by atoms with E-state index in [4.69, 9.17) is 0 Å². The number of fused-ring (bicyclic) bond motifs is 3. The summed E-state index contributed by atoms with van der Waals surface area (Å²) in [7, 11) is 0. The molecule has 3 heterocycles. The van der Waals surface area contributed by atoms with Crippen molar-refractivity contribution in [2.45, 2.75) is 69.9 Å². The van der Waals surface area contributed by atoms with E-state index in [1.54, 1.807) is 0 Å². The molecule has 2 amide bonds. The minimum Gasteiger partial charge on any atom is -0.335 e. The van der Waals surface area contributed by atoms with E-state index in [2.05, 4.69) is 39.1 Å². The van der Waals surface area contributed by atoms with E-state index in [9.17, 15) is 4.79 Å². The molecule has 3 aliphatic rings. The summed E-state index contributed by atoms with van der Waals surface area (Å²) in [5.74, 6) is 0.716. The fraction of sp³-hybridized carbons (Fsp3) is 0.583. The van der Waals surface area contributed by atoms with E-state index in [1.807, 2.05) is 17.4 Å². The van der Waals surface area contributed by atoms with Crippen molar-refractivity contribution in [3.63, 3.8) is 0 Å². The number of nitrogens with zero attached hydrogens (tertiary/aromatic N) is 3. The Morgan fingerprint density at radius 1 is 1.03 bits per heavy atom. The van der Waals surface area contributed by atoms with Gasteiger partial charge in [0, 0.05) is 24.7 Å². The molecule has 5 rings (SSSR count). The van der Waals surface area contributed by atoms with Crippen molar-refractivity contribution in [1.29, 1.82) is 0 Å². The maximum Gasteiger partial charge on any atom is 0.317 e. The number of carbonyl (C=O) groups is 1. The third kappa shape index (κ3) is 3.79. The maximum atomic E-state index is 12.6. The summed E-state index contributed by atoms with van der Waals surface area (Å²) in [5, 5.41) is 3.28. The molecule has 1 atom stereocenters. The Morgan fingerprint density at radius 2 is 1.83 bits per heavy atom. The number of piperidine rings is 1. The van der Waals surface area contributed by atoms with Crippen LogP contribution in [0.25, 0.3) is 11.3 Å². The average Bonchev–Trinajstić information content (AvgIpc) is 3.35. The monoisotopic (exact) mass is 392 g/mol. The minimum absolute atomic E-state index is 0.170. The first-order valence-corrected chi connectivity index (χ1v) is 11.5. The van der Waals surface area contributed by atoms with Gasteiger partial charge >= 0.3 is 6.03 Å². The van der Waals surface area contributed by atoms with Crippen molar-refractivity contribution >= 4 is 6.03 Å². The van der Waals surface area contributed by atoms with Crippen LogP contribution in [0, 0.1) is 5.92 Å². The summed E-state index contributed by atoms with van der Waals surface area (Å²) in [6.07, 6.45) is 14.7. The summed E-state index contributed by atoms with van der Waals surface area (Å²) in [6, 6.07) is 9.74. The molecule has 29 heavy (non-hydrogen) atoms. The minimum atomic E-state index is 0.170. The van der Waals surface area contributed by atoms with Crippen LogP contribution in [0.3, 0.4) is 0 Å². The molecule has 1 aromatic heterocycles. The van der Waals surface area contributed by atoms with Crippen molar-refractivity contribution < 1.29 is 4.79 Å². The largest absolute Gasteiger partial charge is 0.335 e. The SMILES string of the molecule is O=C(NC1CCCCC1)N1CCC(CC[C@H]2c3ccccc3-c3cncn32)CC1. The molecular weight excluding hydrogens is 360 g/mol. The summed E-state index contributed by atoms with van der Waals surface area (Å²) >= 11 is 0. The van der Waals surface area contributed by atoms with Crippen LogP contribution in [0.1, 0.15) is 69.4 Å². The van der Waals surface area contributed by atoms with Gasteiger partial charge in [-0.15, -0.1) is 0 Å². The second-order valence-corrected chi connectivity index (χ2v) is 9.08. The van der Waals surface area contributed by atoms with Crippen LogP contribution in [0.2, 0.25) is 0 Å². The Labute approximate surface area is 173 Å². The molecule has 0 spiro atoms. The van der Waals surface area contributed by atoms with Gasteiger partial charge < -0.3 is 14.8 Å². The Hall–Kier alpha value is -2.30. The van der Waals surface area contributed by atoms with Gasteiger partial charge in [-0.05, 0) is 50.0 Å². The van der Waals surface area contributed by atoms with Crippen LogP contribution >= 0.6 is 0 Å². The van der Waals surface area contributed by atoms with Gasteiger partial charge in [0.1, 0.15) is 0 Å². The summed E-state index contributed by atoms with van der Waals surface area (Å²) < 4.78 is 2.34. The van der Waals surface area contributed by atoms with Crippen molar-refractivity contribution in [3.8, 4) is 11.3 Å².